The van der Waals surface area contributed by atoms with Crippen molar-refractivity contribution in [1.82, 2.24) is 14.9 Å². The van der Waals surface area contributed by atoms with Crippen LogP contribution in [0.15, 0.2) is 36.7 Å². The molecule has 7 heteroatoms. The lowest BCUT2D eigenvalue weighted by Gasteiger charge is -2.34. The van der Waals surface area contributed by atoms with Crippen LogP contribution in [0.3, 0.4) is 0 Å². The summed E-state index contributed by atoms with van der Waals surface area (Å²) >= 11 is 0. The first-order valence-corrected chi connectivity index (χ1v) is 9.02. The maximum absolute atomic E-state index is 13.0. The molecule has 1 aromatic carbocycles. The van der Waals surface area contributed by atoms with E-state index in [1.165, 1.54) is 24.5 Å². The molecule has 2 aromatic rings. The highest BCUT2D eigenvalue weighted by Gasteiger charge is 2.43. The second-order valence-corrected chi connectivity index (χ2v) is 7.10. The quantitative estimate of drug-likeness (QED) is 0.858. The highest BCUT2D eigenvalue weighted by atomic mass is 19.1. The lowest BCUT2D eigenvalue weighted by atomic mass is 10.0. The third-order valence-electron chi connectivity index (χ3n) is 5.40. The Bertz CT molecular complexity index is 740. The van der Waals surface area contributed by atoms with Crippen molar-refractivity contribution in [3.8, 4) is 0 Å². The molecule has 5 nitrogen and oxygen atoms in total. The maximum atomic E-state index is 13.0. The largest absolute Gasteiger partial charge is 0.388 e. The van der Waals surface area contributed by atoms with E-state index in [-0.39, 0.29) is 5.82 Å². The minimum Gasteiger partial charge on any atom is -0.388 e. The molecule has 1 N–H and O–H groups in total. The molecule has 138 valence electrons. The second-order valence-electron chi connectivity index (χ2n) is 7.10. The number of anilines is 1. The van der Waals surface area contributed by atoms with Gasteiger partial charge in [0.15, 0.2) is 5.82 Å². The van der Waals surface area contributed by atoms with Crippen LogP contribution in [-0.4, -0.2) is 51.7 Å². The Morgan fingerprint density at radius 1 is 1.04 bits per heavy atom. The number of benzene rings is 1. The number of aliphatic hydroxyl groups is 1. The van der Waals surface area contributed by atoms with E-state index < -0.39 is 11.9 Å². The Balaban J connectivity index is 1.25. The number of aliphatic hydroxyl groups excluding tert-OH is 1. The molecule has 0 aliphatic carbocycles. The van der Waals surface area contributed by atoms with Crippen LogP contribution >= 0.6 is 0 Å². The number of hydrogen-bond donors (Lipinski definition) is 1. The Kier molecular flexibility index (Phi) is 4.82. The molecule has 1 aromatic heterocycles. The van der Waals surface area contributed by atoms with Crippen LogP contribution in [0.1, 0.15) is 30.9 Å². The van der Waals surface area contributed by atoms with Gasteiger partial charge >= 0.3 is 0 Å². The summed E-state index contributed by atoms with van der Waals surface area (Å²) in [6.07, 6.45) is 4.48. The standard InChI is InChI=1S/C19H22F2N4O/c20-14-5-3-13(4-6-14)18(26)2-1-7-24-11-17-8-16(24)12-25(17)19-22-9-15(21)10-23-19/h3-6,9-10,16-18,26H,1-2,7-8,11-12H2. The average Bonchev–Trinajstić information content (AvgIpc) is 3.23. The van der Waals surface area contributed by atoms with Crippen LogP contribution in [0.2, 0.25) is 0 Å². The summed E-state index contributed by atoms with van der Waals surface area (Å²) in [5, 5.41) is 10.2. The fourth-order valence-electron chi connectivity index (χ4n) is 4.06. The van der Waals surface area contributed by atoms with Crippen LogP contribution in [0.25, 0.3) is 0 Å². The van der Waals surface area contributed by atoms with Crippen molar-refractivity contribution in [3.05, 3.63) is 53.9 Å². The maximum Gasteiger partial charge on any atom is 0.225 e. The van der Waals surface area contributed by atoms with E-state index in [9.17, 15) is 13.9 Å². The van der Waals surface area contributed by atoms with Gasteiger partial charge < -0.3 is 10.0 Å². The second kappa shape index (κ2) is 7.25. The molecule has 2 bridgehead atoms. The van der Waals surface area contributed by atoms with Crippen molar-refractivity contribution < 1.29 is 13.9 Å². The molecule has 0 amide bonds. The number of aromatic nitrogens is 2. The molecular formula is C19H22F2N4O. The lowest BCUT2D eigenvalue weighted by Crippen LogP contribution is -2.47. The van der Waals surface area contributed by atoms with Crippen LogP contribution < -0.4 is 4.90 Å². The Morgan fingerprint density at radius 2 is 1.77 bits per heavy atom. The van der Waals surface area contributed by atoms with Crippen molar-refractivity contribution >= 4 is 5.95 Å². The molecular weight excluding hydrogens is 338 g/mol. The number of hydrogen-bond acceptors (Lipinski definition) is 5. The normalized spacial score (nSPS) is 23.6. The monoisotopic (exact) mass is 360 g/mol. The fourth-order valence-corrected chi connectivity index (χ4v) is 4.06. The van der Waals surface area contributed by atoms with E-state index in [0.29, 0.717) is 24.5 Å². The molecule has 2 aliphatic rings. The third-order valence-corrected chi connectivity index (χ3v) is 5.40. The fraction of sp³-hybridized carbons (Fsp3) is 0.474. The minimum absolute atomic E-state index is 0.288. The zero-order valence-electron chi connectivity index (χ0n) is 14.4. The molecule has 0 radical (unpaired) electrons. The smallest absolute Gasteiger partial charge is 0.225 e. The molecule has 3 atom stereocenters. The van der Waals surface area contributed by atoms with Crippen LogP contribution in [0, 0.1) is 11.6 Å². The molecule has 2 aliphatic heterocycles. The number of rotatable bonds is 6. The number of halogens is 2. The topological polar surface area (TPSA) is 52.5 Å². The van der Waals surface area contributed by atoms with Crippen molar-refractivity contribution in [2.24, 2.45) is 0 Å². The zero-order chi connectivity index (χ0) is 18.1. The highest BCUT2D eigenvalue weighted by molar-refractivity contribution is 5.36. The van der Waals surface area contributed by atoms with Gasteiger partial charge in [-0.2, -0.15) is 0 Å². The van der Waals surface area contributed by atoms with E-state index in [1.807, 2.05) is 0 Å². The number of piperazine rings is 1. The number of nitrogens with zero attached hydrogens (tertiary/aromatic N) is 4. The summed E-state index contributed by atoms with van der Waals surface area (Å²) in [7, 11) is 0. The molecule has 0 saturated carbocycles. The van der Waals surface area contributed by atoms with Gasteiger partial charge in [-0.1, -0.05) is 12.1 Å². The Hall–Kier alpha value is -2.12. The van der Waals surface area contributed by atoms with Crippen molar-refractivity contribution in [2.45, 2.75) is 37.5 Å². The molecule has 2 saturated heterocycles. The van der Waals surface area contributed by atoms with Crippen LogP contribution in [0.4, 0.5) is 14.7 Å². The Morgan fingerprint density at radius 3 is 2.42 bits per heavy atom. The van der Waals surface area contributed by atoms with E-state index in [1.54, 1.807) is 12.1 Å². The summed E-state index contributed by atoms with van der Waals surface area (Å²) in [4.78, 5) is 12.8. The summed E-state index contributed by atoms with van der Waals surface area (Å²) in [5.41, 5.74) is 0.758. The van der Waals surface area contributed by atoms with Gasteiger partial charge in [-0.15, -0.1) is 0 Å². The highest BCUT2D eigenvalue weighted by Crippen LogP contribution is 2.33. The van der Waals surface area contributed by atoms with Gasteiger partial charge in [0.05, 0.1) is 18.5 Å². The van der Waals surface area contributed by atoms with Gasteiger partial charge in [0.1, 0.15) is 5.82 Å². The van der Waals surface area contributed by atoms with E-state index in [4.69, 9.17) is 0 Å². The van der Waals surface area contributed by atoms with E-state index in [0.717, 1.165) is 38.0 Å². The third kappa shape index (κ3) is 3.54. The first-order valence-electron chi connectivity index (χ1n) is 9.02. The molecule has 3 unspecified atom stereocenters. The summed E-state index contributed by atoms with van der Waals surface area (Å²) in [6.45, 7) is 2.73. The van der Waals surface area contributed by atoms with Crippen molar-refractivity contribution in [3.63, 3.8) is 0 Å². The molecule has 26 heavy (non-hydrogen) atoms. The van der Waals surface area contributed by atoms with Gasteiger partial charge in [0.2, 0.25) is 5.95 Å². The number of likely N-dealkylation sites (tertiary alicyclic amines) is 1. The lowest BCUT2D eigenvalue weighted by molar-refractivity contribution is 0.151. The minimum atomic E-state index is -0.556. The molecule has 2 fully saturated rings. The van der Waals surface area contributed by atoms with E-state index >= 15 is 0 Å². The van der Waals surface area contributed by atoms with Gasteiger partial charge in [-0.3, -0.25) is 4.90 Å². The Labute approximate surface area is 151 Å². The summed E-state index contributed by atoms with van der Waals surface area (Å²) in [6, 6.07) is 6.86. The molecule has 3 heterocycles. The average molecular weight is 360 g/mol. The van der Waals surface area contributed by atoms with E-state index in [2.05, 4.69) is 19.8 Å². The van der Waals surface area contributed by atoms with Gasteiger partial charge in [-0.05, 0) is 43.5 Å². The van der Waals surface area contributed by atoms with Gasteiger partial charge in [0, 0.05) is 25.2 Å². The first kappa shape index (κ1) is 17.3. The summed E-state index contributed by atoms with van der Waals surface area (Å²) in [5.74, 6) is -0.103. The predicted molar refractivity (Wildman–Crippen MR) is 93.7 cm³/mol. The summed E-state index contributed by atoms with van der Waals surface area (Å²) < 4.78 is 25.9. The molecule has 0 spiro atoms. The first-order chi connectivity index (χ1) is 12.6. The van der Waals surface area contributed by atoms with Crippen molar-refractivity contribution in [2.75, 3.05) is 24.5 Å². The van der Waals surface area contributed by atoms with Gasteiger partial charge in [0.25, 0.3) is 0 Å². The molecule has 4 rings (SSSR count). The van der Waals surface area contributed by atoms with Crippen molar-refractivity contribution in [1.29, 1.82) is 0 Å². The predicted octanol–water partition coefficient (Wildman–Crippen LogP) is 2.53. The van der Waals surface area contributed by atoms with Crippen LogP contribution in [0.5, 0.6) is 0 Å². The number of fused-ring (bicyclic) bond motifs is 2. The zero-order valence-corrected chi connectivity index (χ0v) is 14.4. The SMILES string of the molecule is OC(CCCN1CC2CC1CN2c1ncc(F)cn1)c1ccc(F)cc1. The van der Waals surface area contributed by atoms with Gasteiger partial charge in [-0.25, -0.2) is 18.7 Å². The van der Waals surface area contributed by atoms with Crippen LogP contribution in [-0.2, 0) is 0 Å².